The second-order valence-corrected chi connectivity index (χ2v) is 2.67. The van der Waals surface area contributed by atoms with Crippen LogP contribution in [0.1, 0.15) is 18.9 Å². The van der Waals surface area contributed by atoms with Gasteiger partial charge in [-0.25, -0.2) is 4.68 Å². The van der Waals surface area contributed by atoms with Gasteiger partial charge in [0.15, 0.2) is 0 Å². The van der Waals surface area contributed by atoms with Crippen LogP contribution in [0.15, 0.2) is 6.07 Å². The maximum Gasteiger partial charge on any atom is 0.147 e. The third kappa shape index (κ3) is 0.725. The molecule has 4 N–H and O–H groups in total. The normalized spacial score (nSPS) is 17.6. The quantitative estimate of drug-likeness (QED) is 0.589. The molecule has 0 radical (unpaired) electrons. The van der Waals surface area contributed by atoms with Crippen LogP contribution in [-0.2, 0) is 0 Å². The molecule has 2 rings (SSSR count). The van der Waals surface area contributed by atoms with Crippen LogP contribution in [0, 0.1) is 0 Å². The molecule has 1 aromatic heterocycles. The van der Waals surface area contributed by atoms with Crippen LogP contribution in [0.3, 0.4) is 0 Å². The van der Waals surface area contributed by atoms with Crippen molar-refractivity contribution in [1.82, 2.24) is 9.78 Å². The second-order valence-electron chi connectivity index (χ2n) is 2.67. The minimum Gasteiger partial charge on any atom is -0.384 e. The van der Waals surface area contributed by atoms with Crippen molar-refractivity contribution in [1.29, 1.82) is 0 Å². The van der Waals surface area contributed by atoms with Crippen molar-refractivity contribution in [2.24, 2.45) is 0 Å². The number of nitrogens with zero attached hydrogens (tertiary/aromatic N) is 2. The number of rotatable bonds is 1. The summed E-state index contributed by atoms with van der Waals surface area (Å²) in [6.07, 6.45) is 2.37. The number of anilines is 2. The van der Waals surface area contributed by atoms with Gasteiger partial charge in [0.05, 0.1) is 6.04 Å². The lowest BCUT2D eigenvalue weighted by Crippen LogP contribution is -2.01. The van der Waals surface area contributed by atoms with Crippen molar-refractivity contribution in [2.45, 2.75) is 18.9 Å². The molecule has 0 aromatic carbocycles. The van der Waals surface area contributed by atoms with Gasteiger partial charge in [0.2, 0.25) is 0 Å². The molecular weight excluding hydrogens is 128 g/mol. The summed E-state index contributed by atoms with van der Waals surface area (Å²) in [7, 11) is 0. The van der Waals surface area contributed by atoms with Crippen LogP contribution in [0.4, 0.5) is 11.6 Å². The third-order valence-electron chi connectivity index (χ3n) is 1.68. The lowest BCUT2D eigenvalue weighted by Gasteiger charge is -1.97. The van der Waals surface area contributed by atoms with Crippen LogP contribution in [0.2, 0.25) is 0 Å². The molecule has 4 heteroatoms. The summed E-state index contributed by atoms with van der Waals surface area (Å²) < 4.78 is 1.80. The van der Waals surface area contributed by atoms with Crippen molar-refractivity contribution in [3.05, 3.63) is 6.07 Å². The highest BCUT2D eigenvalue weighted by Gasteiger charge is 2.26. The number of nitrogen functional groups attached to an aromatic ring is 2. The van der Waals surface area contributed by atoms with E-state index >= 15 is 0 Å². The molecule has 4 nitrogen and oxygen atoms in total. The third-order valence-corrected chi connectivity index (χ3v) is 1.68. The van der Waals surface area contributed by atoms with Crippen molar-refractivity contribution in [3.63, 3.8) is 0 Å². The molecule has 0 atom stereocenters. The van der Waals surface area contributed by atoms with E-state index in [0.29, 0.717) is 17.7 Å². The Morgan fingerprint density at radius 2 is 2.20 bits per heavy atom. The lowest BCUT2D eigenvalue weighted by molar-refractivity contribution is 0.654. The summed E-state index contributed by atoms with van der Waals surface area (Å²) in [5, 5.41) is 4.04. The van der Waals surface area contributed by atoms with E-state index in [4.69, 9.17) is 11.5 Å². The first-order chi connectivity index (χ1) is 4.77. The first-order valence-corrected chi connectivity index (χ1v) is 3.38. The Hall–Kier alpha value is -1.19. The highest BCUT2D eigenvalue weighted by molar-refractivity contribution is 5.42. The summed E-state index contributed by atoms with van der Waals surface area (Å²) in [6.45, 7) is 0. The first kappa shape index (κ1) is 5.58. The molecule has 1 fully saturated rings. The van der Waals surface area contributed by atoms with Crippen LogP contribution in [0.25, 0.3) is 0 Å². The smallest absolute Gasteiger partial charge is 0.147 e. The van der Waals surface area contributed by atoms with Gasteiger partial charge in [-0.15, -0.1) is 0 Å². The Morgan fingerprint density at radius 1 is 1.50 bits per heavy atom. The zero-order chi connectivity index (χ0) is 7.14. The van der Waals surface area contributed by atoms with Gasteiger partial charge >= 0.3 is 0 Å². The summed E-state index contributed by atoms with van der Waals surface area (Å²) in [5.74, 6) is 1.20. The summed E-state index contributed by atoms with van der Waals surface area (Å²) >= 11 is 0. The van der Waals surface area contributed by atoms with Crippen molar-refractivity contribution < 1.29 is 0 Å². The van der Waals surface area contributed by atoms with Gasteiger partial charge in [-0.3, -0.25) is 0 Å². The maximum atomic E-state index is 5.60. The second kappa shape index (κ2) is 1.65. The topological polar surface area (TPSA) is 69.9 Å². The number of hydrogen-bond acceptors (Lipinski definition) is 3. The molecule has 1 saturated carbocycles. The Balaban J connectivity index is 2.38. The maximum absolute atomic E-state index is 5.60. The zero-order valence-corrected chi connectivity index (χ0v) is 5.62. The number of nitrogens with two attached hydrogens (primary N) is 2. The first-order valence-electron chi connectivity index (χ1n) is 3.38. The standard InChI is InChI=1S/C6H10N4/c7-5-3-6(8)10(9-5)4-1-2-4/h3-4H,1-2,8H2,(H2,7,9). The zero-order valence-electron chi connectivity index (χ0n) is 5.62. The van der Waals surface area contributed by atoms with Gasteiger partial charge in [-0.1, -0.05) is 0 Å². The van der Waals surface area contributed by atoms with Crippen LogP contribution < -0.4 is 11.5 Å². The molecule has 0 bridgehead atoms. The predicted octanol–water partition coefficient (Wildman–Crippen LogP) is 0.382. The lowest BCUT2D eigenvalue weighted by atomic mass is 10.6. The highest BCUT2D eigenvalue weighted by atomic mass is 15.4. The summed E-state index contributed by atoms with van der Waals surface area (Å²) in [5.41, 5.74) is 11.0. The van der Waals surface area contributed by atoms with Crippen molar-refractivity contribution >= 4 is 11.6 Å². The van der Waals surface area contributed by atoms with E-state index in [1.54, 1.807) is 10.7 Å². The SMILES string of the molecule is Nc1cc(N)n(C2CC2)n1. The minimum absolute atomic E-state index is 0.518. The van der Waals surface area contributed by atoms with Gasteiger partial charge in [0, 0.05) is 6.07 Å². The minimum atomic E-state index is 0.518. The number of hydrogen-bond donors (Lipinski definition) is 2. The molecule has 0 spiro atoms. The molecule has 1 aliphatic carbocycles. The van der Waals surface area contributed by atoms with Crippen molar-refractivity contribution in [3.8, 4) is 0 Å². The van der Waals surface area contributed by atoms with E-state index in [1.165, 1.54) is 12.8 Å². The average molecular weight is 138 g/mol. The summed E-state index contributed by atoms with van der Waals surface area (Å²) in [4.78, 5) is 0. The molecular formula is C6H10N4. The fraction of sp³-hybridized carbons (Fsp3) is 0.500. The molecule has 0 aliphatic heterocycles. The summed E-state index contributed by atoms with van der Waals surface area (Å²) in [6, 6.07) is 2.22. The molecule has 1 heterocycles. The largest absolute Gasteiger partial charge is 0.384 e. The monoisotopic (exact) mass is 138 g/mol. The van der Waals surface area contributed by atoms with E-state index in [-0.39, 0.29) is 0 Å². The van der Waals surface area contributed by atoms with Crippen LogP contribution in [-0.4, -0.2) is 9.78 Å². The molecule has 1 aromatic rings. The molecule has 1 aliphatic rings. The fourth-order valence-electron chi connectivity index (χ4n) is 1.04. The van der Waals surface area contributed by atoms with Gasteiger partial charge in [-0.05, 0) is 12.8 Å². The highest BCUT2D eigenvalue weighted by Crippen LogP contribution is 2.36. The van der Waals surface area contributed by atoms with Crippen LogP contribution in [0.5, 0.6) is 0 Å². The fourth-order valence-corrected chi connectivity index (χ4v) is 1.04. The molecule has 10 heavy (non-hydrogen) atoms. The predicted molar refractivity (Wildman–Crippen MR) is 39.3 cm³/mol. The Kier molecular flexibility index (Phi) is 0.922. The van der Waals surface area contributed by atoms with E-state index < -0.39 is 0 Å². The number of aromatic nitrogens is 2. The van der Waals surface area contributed by atoms with E-state index in [1.807, 2.05) is 0 Å². The van der Waals surface area contributed by atoms with Gasteiger partial charge in [0.25, 0.3) is 0 Å². The van der Waals surface area contributed by atoms with E-state index in [2.05, 4.69) is 5.10 Å². The van der Waals surface area contributed by atoms with Gasteiger partial charge in [-0.2, -0.15) is 5.10 Å². The van der Waals surface area contributed by atoms with Crippen molar-refractivity contribution in [2.75, 3.05) is 11.5 Å². The molecule has 54 valence electrons. The average Bonchev–Trinajstić information content (AvgIpc) is 2.61. The Labute approximate surface area is 58.8 Å². The molecule has 0 unspecified atom stereocenters. The Bertz CT molecular complexity index is 248. The Morgan fingerprint density at radius 3 is 2.60 bits per heavy atom. The van der Waals surface area contributed by atoms with Gasteiger partial charge < -0.3 is 11.5 Å². The molecule has 0 amide bonds. The van der Waals surface area contributed by atoms with E-state index in [0.717, 1.165) is 0 Å². The van der Waals surface area contributed by atoms with Gasteiger partial charge in [0.1, 0.15) is 11.6 Å². The van der Waals surface area contributed by atoms with Crippen LogP contribution >= 0.6 is 0 Å². The molecule has 0 saturated heterocycles. The van der Waals surface area contributed by atoms with E-state index in [9.17, 15) is 0 Å².